The lowest BCUT2D eigenvalue weighted by Crippen LogP contribution is -2.50. The molecule has 1 aromatic heterocycles. The molecule has 10 heteroatoms. The van der Waals surface area contributed by atoms with Crippen LogP contribution in [0.4, 0.5) is 8.78 Å². The van der Waals surface area contributed by atoms with Crippen molar-refractivity contribution in [1.82, 2.24) is 19.2 Å². The number of hydrogen-bond donors (Lipinski definition) is 0. The third-order valence-electron chi connectivity index (χ3n) is 4.71. The number of carbonyl (C=O) groups excluding carboxylic acids is 1. The zero-order chi connectivity index (χ0) is 20.6. The molecule has 3 aromatic rings. The molecule has 0 spiro atoms. The number of amides is 1. The van der Waals surface area contributed by atoms with Crippen molar-refractivity contribution in [3.8, 4) is 0 Å². The number of nitrogens with zero attached hydrogens (tertiary/aromatic N) is 4. The molecule has 1 saturated heterocycles. The van der Waals surface area contributed by atoms with Crippen molar-refractivity contribution in [1.29, 1.82) is 0 Å². The van der Waals surface area contributed by atoms with Crippen molar-refractivity contribution in [2.75, 3.05) is 26.2 Å². The molecule has 0 N–H and O–H groups in total. The summed E-state index contributed by atoms with van der Waals surface area (Å²) in [5.41, 5.74) is 1.39. The summed E-state index contributed by atoms with van der Waals surface area (Å²) in [4.78, 5) is 21.7. The average molecular weight is 418 g/mol. The maximum atomic E-state index is 13.9. The first-order valence-electron chi connectivity index (χ1n) is 8.83. The van der Waals surface area contributed by atoms with Gasteiger partial charge in [-0.05, 0) is 24.3 Å². The molecular formula is C19H16F2N4O3S. The normalized spacial score (nSPS) is 15.6. The van der Waals surface area contributed by atoms with Gasteiger partial charge in [0.25, 0.3) is 5.91 Å². The van der Waals surface area contributed by atoms with Crippen molar-refractivity contribution in [3.63, 3.8) is 0 Å². The number of rotatable bonds is 3. The zero-order valence-electron chi connectivity index (χ0n) is 15.1. The summed E-state index contributed by atoms with van der Waals surface area (Å²) >= 11 is 0. The van der Waals surface area contributed by atoms with Crippen LogP contribution in [0, 0.1) is 11.6 Å². The lowest BCUT2D eigenvalue weighted by Gasteiger charge is -2.33. The first kappa shape index (κ1) is 19.3. The van der Waals surface area contributed by atoms with E-state index in [2.05, 4.69) is 9.97 Å². The number of aromatic nitrogens is 2. The van der Waals surface area contributed by atoms with Gasteiger partial charge in [0.1, 0.15) is 17.3 Å². The Morgan fingerprint density at radius 2 is 1.52 bits per heavy atom. The van der Waals surface area contributed by atoms with E-state index < -0.39 is 26.6 Å². The van der Waals surface area contributed by atoms with Crippen LogP contribution in [-0.4, -0.2) is 59.7 Å². The van der Waals surface area contributed by atoms with Gasteiger partial charge in [-0.15, -0.1) is 0 Å². The highest BCUT2D eigenvalue weighted by Gasteiger charge is 2.34. The molecule has 1 aliphatic heterocycles. The largest absolute Gasteiger partial charge is 0.335 e. The number of halogens is 2. The van der Waals surface area contributed by atoms with E-state index in [1.165, 1.54) is 11.1 Å². The Morgan fingerprint density at radius 1 is 0.897 bits per heavy atom. The molecule has 4 rings (SSSR count). The number of piperazine rings is 1. The maximum Gasteiger partial charge on any atom is 0.274 e. The van der Waals surface area contributed by atoms with Crippen molar-refractivity contribution in [2.45, 2.75) is 4.90 Å². The van der Waals surface area contributed by atoms with Gasteiger partial charge in [-0.2, -0.15) is 4.31 Å². The standard InChI is InChI=1S/C19H16F2N4O3S/c20-13-4-3-5-14(21)18(13)29(27,28)25-10-8-24(9-11-25)19(26)17-12-22-15-6-1-2-7-16(15)23-17/h1-7,12H,8-11H2. The van der Waals surface area contributed by atoms with Crippen LogP contribution < -0.4 is 0 Å². The molecule has 1 aliphatic rings. The predicted octanol–water partition coefficient (Wildman–Crippen LogP) is 2.05. The van der Waals surface area contributed by atoms with E-state index in [0.717, 1.165) is 22.5 Å². The quantitative estimate of drug-likeness (QED) is 0.650. The molecule has 0 radical (unpaired) electrons. The fourth-order valence-electron chi connectivity index (χ4n) is 3.21. The highest BCUT2D eigenvalue weighted by atomic mass is 32.2. The van der Waals surface area contributed by atoms with Crippen molar-refractivity contribution in [3.05, 3.63) is 66.0 Å². The van der Waals surface area contributed by atoms with Crippen LogP contribution in [0.1, 0.15) is 10.5 Å². The highest BCUT2D eigenvalue weighted by molar-refractivity contribution is 7.89. The van der Waals surface area contributed by atoms with Gasteiger partial charge in [0, 0.05) is 26.2 Å². The lowest BCUT2D eigenvalue weighted by molar-refractivity contribution is 0.0691. The Labute approximate surface area is 165 Å². The van der Waals surface area contributed by atoms with Crippen molar-refractivity contribution >= 4 is 27.0 Å². The molecule has 1 amide bonds. The van der Waals surface area contributed by atoms with E-state index in [1.54, 1.807) is 18.2 Å². The van der Waals surface area contributed by atoms with Crippen LogP contribution in [-0.2, 0) is 10.0 Å². The summed E-state index contributed by atoms with van der Waals surface area (Å²) in [6, 6.07) is 10.0. The first-order valence-corrected chi connectivity index (χ1v) is 10.3. The van der Waals surface area contributed by atoms with E-state index in [4.69, 9.17) is 0 Å². The van der Waals surface area contributed by atoms with E-state index in [9.17, 15) is 22.0 Å². The molecule has 150 valence electrons. The molecule has 0 unspecified atom stereocenters. The number of fused-ring (bicyclic) bond motifs is 1. The SMILES string of the molecule is O=C(c1cnc2ccccc2n1)N1CCN(S(=O)(=O)c2c(F)cccc2F)CC1. The topological polar surface area (TPSA) is 83.5 Å². The molecular weight excluding hydrogens is 402 g/mol. The molecule has 0 bridgehead atoms. The second kappa shape index (κ2) is 7.45. The van der Waals surface area contributed by atoms with E-state index in [0.29, 0.717) is 11.0 Å². The second-order valence-electron chi connectivity index (χ2n) is 6.49. The fraction of sp³-hybridized carbons (Fsp3) is 0.211. The Kier molecular flexibility index (Phi) is 4.97. The van der Waals surface area contributed by atoms with Crippen LogP contribution in [0.5, 0.6) is 0 Å². The zero-order valence-corrected chi connectivity index (χ0v) is 15.9. The van der Waals surface area contributed by atoms with Crippen LogP contribution in [0.3, 0.4) is 0 Å². The molecule has 2 aromatic carbocycles. The summed E-state index contributed by atoms with van der Waals surface area (Å²) < 4.78 is 54.1. The average Bonchev–Trinajstić information content (AvgIpc) is 2.72. The van der Waals surface area contributed by atoms with Gasteiger partial charge < -0.3 is 4.90 Å². The summed E-state index contributed by atoms with van der Waals surface area (Å²) in [6.07, 6.45) is 1.38. The Balaban J connectivity index is 1.50. The molecule has 0 atom stereocenters. The number of hydrogen-bond acceptors (Lipinski definition) is 5. The molecule has 0 saturated carbocycles. The van der Waals surface area contributed by atoms with Crippen molar-refractivity contribution in [2.24, 2.45) is 0 Å². The van der Waals surface area contributed by atoms with E-state index in [-0.39, 0.29) is 37.8 Å². The van der Waals surface area contributed by atoms with Crippen LogP contribution >= 0.6 is 0 Å². The van der Waals surface area contributed by atoms with Gasteiger partial charge in [0.05, 0.1) is 17.2 Å². The minimum Gasteiger partial charge on any atom is -0.335 e. The van der Waals surface area contributed by atoms with Crippen LogP contribution in [0.25, 0.3) is 11.0 Å². The van der Waals surface area contributed by atoms with Gasteiger partial charge in [-0.1, -0.05) is 18.2 Å². The third-order valence-corrected chi connectivity index (χ3v) is 6.66. The smallest absolute Gasteiger partial charge is 0.274 e. The summed E-state index contributed by atoms with van der Waals surface area (Å²) in [5, 5.41) is 0. The Morgan fingerprint density at radius 3 is 2.17 bits per heavy atom. The van der Waals surface area contributed by atoms with Crippen LogP contribution in [0.15, 0.2) is 53.6 Å². The predicted molar refractivity (Wildman–Crippen MR) is 101 cm³/mol. The van der Waals surface area contributed by atoms with Gasteiger partial charge in [0.15, 0.2) is 4.90 Å². The molecule has 2 heterocycles. The molecule has 29 heavy (non-hydrogen) atoms. The van der Waals surface area contributed by atoms with Gasteiger partial charge >= 0.3 is 0 Å². The monoisotopic (exact) mass is 418 g/mol. The fourth-order valence-corrected chi connectivity index (χ4v) is 4.74. The highest BCUT2D eigenvalue weighted by Crippen LogP contribution is 2.24. The van der Waals surface area contributed by atoms with Gasteiger partial charge in [-0.3, -0.25) is 9.78 Å². The molecule has 1 fully saturated rings. The Bertz CT molecular complexity index is 1170. The summed E-state index contributed by atoms with van der Waals surface area (Å²) in [7, 11) is -4.35. The first-order chi connectivity index (χ1) is 13.9. The lowest BCUT2D eigenvalue weighted by atomic mass is 10.2. The number of benzene rings is 2. The minimum absolute atomic E-state index is 0.0721. The maximum absolute atomic E-state index is 13.9. The second-order valence-corrected chi connectivity index (χ2v) is 8.37. The van der Waals surface area contributed by atoms with Gasteiger partial charge in [-0.25, -0.2) is 22.2 Å². The number of carbonyl (C=O) groups is 1. The van der Waals surface area contributed by atoms with E-state index >= 15 is 0 Å². The third kappa shape index (κ3) is 3.56. The molecule has 7 nitrogen and oxygen atoms in total. The van der Waals surface area contributed by atoms with E-state index in [1.807, 2.05) is 6.07 Å². The number of sulfonamides is 1. The summed E-state index contributed by atoms with van der Waals surface area (Å²) in [6.45, 7) is -0.0169. The molecule has 0 aliphatic carbocycles. The van der Waals surface area contributed by atoms with Crippen molar-refractivity contribution < 1.29 is 22.0 Å². The number of para-hydroxylation sites is 2. The Hall–Kier alpha value is -2.98. The summed E-state index contributed by atoms with van der Waals surface area (Å²) in [5.74, 6) is -2.66. The van der Waals surface area contributed by atoms with Crippen LogP contribution in [0.2, 0.25) is 0 Å². The minimum atomic E-state index is -4.35. The van der Waals surface area contributed by atoms with Gasteiger partial charge in [0.2, 0.25) is 10.0 Å².